The molecule has 0 N–H and O–H groups in total. The molecule has 3 rings (SSSR count). The van der Waals surface area contributed by atoms with Crippen molar-refractivity contribution in [3.05, 3.63) is 48.0 Å². The Kier molecular flexibility index (Phi) is 1.30. The topological polar surface area (TPSA) is 15.6 Å². The first-order valence-electron chi connectivity index (χ1n) is 4.53. The standard InChI is InChI=1S/C11H10N2/c1-3-9-4-2-7-13-8-6-12-10(5-1)11(9)13/h1-4,6,8H,5,7H2. The van der Waals surface area contributed by atoms with Crippen LogP contribution in [0, 0.1) is 0 Å². The van der Waals surface area contributed by atoms with Crippen molar-refractivity contribution in [3.8, 4) is 0 Å². The Labute approximate surface area is 77.3 Å². The summed E-state index contributed by atoms with van der Waals surface area (Å²) in [6.45, 7) is 0.974. The van der Waals surface area contributed by atoms with Crippen LogP contribution < -0.4 is 0 Å². The van der Waals surface area contributed by atoms with E-state index >= 15 is 0 Å². The molecule has 0 aromatic carbocycles. The van der Waals surface area contributed by atoms with Crippen molar-refractivity contribution in [1.29, 1.82) is 0 Å². The van der Waals surface area contributed by atoms with Crippen LogP contribution in [0.25, 0.3) is 0 Å². The van der Waals surface area contributed by atoms with E-state index < -0.39 is 0 Å². The smallest absolute Gasteiger partial charge is 0.0704 e. The van der Waals surface area contributed by atoms with Crippen LogP contribution in [0.4, 0.5) is 0 Å². The second kappa shape index (κ2) is 2.46. The fraction of sp³-hybridized carbons (Fsp3) is 0.182. The Bertz CT molecular complexity index is 390. The molecular formula is C11H10N2. The van der Waals surface area contributed by atoms with Gasteiger partial charge in [-0.1, -0.05) is 24.3 Å². The molecule has 2 heterocycles. The zero-order valence-corrected chi connectivity index (χ0v) is 7.27. The largest absolute Gasteiger partial charge is 0.341 e. The highest BCUT2D eigenvalue weighted by molar-refractivity contribution is 6.04. The Morgan fingerprint density at radius 3 is 3.15 bits per heavy atom. The van der Waals surface area contributed by atoms with Gasteiger partial charge >= 0.3 is 0 Å². The Morgan fingerprint density at radius 1 is 1.23 bits per heavy atom. The molecular weight excluding hydrogens is 160 g/mol. The van der Waals surface area contributed by atoms with E-state index in [-0.39, 0.29) is 0 Å². The van der Waals surface area contributed by atoms with Crippen molar-refractivity contribution < 1.29 is 0 Å². The van der Waals surface area contributed by atoms with E-state index in [4.69, 9.17) is 0 Å². The van der Waals surface area contributed by atoms with Crippen molar-refractivity contribution in [2.75, 3.05) is 6.54 Å². The van der Waals surface area contributed by atoms with E-state index in [1.54, 1.807) is 0 Å². The molecule has 3 aliphatic rings. The van der Waals surface area contributed by atoms with Crippen LogP contribution in [0.5, 0.6) is 0 Å². The summed E-state index contributed by atoms with van der Waals surface area (Å²) in [5.41, 5.74) is 3.79. The summed E-state index contributed by atoms with van der Waals surface area (Å²) >= 11 is 0. The second-order valence-electron chi connectivity index (χ2n) is 3.34. The zero-order valence-electron chi connectivity index (χ0n) is 7.27. The molecule has 0 unspecified atom stereocenters. The normalized spacial score (nSPS) is 23.4. The highest BCUT2D eigenvalue weighted by Crippen LogP contribution is 2.27. The molecule has 0 radical (unpaired) electrons. The number of nitrogens with zero attached hydrogens (tertiary/aromatic N) is 2. The van der Waals surface area contributed by atoms with E-state index in [0.29, 0.717) is 0 Å². The average molecular weight is 170 g/mol. The molecule has 0 atom stereocenters. The lowest BCUT2D eigenvalue weighted by Crippen LogP contribution is -2.29. The molecule has 13 heavy (non-hydrogen) atoms. The van der Waals surface area contributed by atoms with Crippen LogP contribution in [0.3, 0.4) is 0 Å². The highest BCUT2D eigenvalue weighted by Gasteiger charge is 2.22. The van der Waals surface area contributed by atoms with E-state index in [1.807, 2.05) is 12.4 Å². The third kappa shape index (κ3) is 0.917. The number of hydrogen-bond acceptors (Lipinski definition) is 2. The molecule has 0 fully saturated rings. The second-order valence-corrected chi connectivity index (χ2v) is 3.34. The maximum Gasteiger partial charge on any atom is 0.0704 e. The lowest BCUT2D eigenvalue weighted by Gasteiger charge is -2.31. The van der Waals surface area contributed by atoms with Gasteiger partial charge in [0.05, 0.1) is 11.4 Å². The van der Waals surface area contributed by atoms with Crippen LogP contribution in [-0.4, -0.2) is 17.2 Å². The van der Waals surface area contributed by atoms with Crippen molar-refractivity contribution >= 4 is 5.71 Å². The summed E-state index contributed by atoms with van der Waals surface area (Å²) in [4.78, 5) is 6.64. The SMILES string of the molecule is C1=CC2=C3C(=NC=CN3CC=C2)C1. The minimum atomic E-state index is 0.966. The van der Waals surface area contributed by atoms with Gasteiger partial charge in [0.25, 0.3) is 0 Å². The highest BCUT2D eigenvalue weighted by atomic mass is 15.2. The minimum Gasteiger partial charge on any atom is -0.341 e. The number of aliphatic imine (C=N–C) groups is 1. The monoisotopic (exact) mass is 170 g/mol. The van der Waals surface area contributed by atoms with E-state index in [9.17, 15) is 0 Å². The molecule has 0 spiro atoms. The van der Waals surface area contributed by atoms with Crippen LogP contribution in [-0.2, 0) is 0 Å². The maximum atomic E-state index is 4.39. The summed E-state index contributed by atoms with van der Waals surface area (Å²) in [7, 11) is 0. The molecule has 0 aromatic heterocycles. The Balaban J connectivity index is 2.21. The van der Waals surface area contributed by atoms with Gasteiger partial charge in [-0.25, -0.2) is 0 Å². The summed E-state index contributed by atoms with van der Waals surface area (Å²) in [5, 5.41) is 0. The van der Waals surface area contributed by atoms with Crippen molar-refractivity contribution in [1.82, 2.24) is 4.90 Å². The number of rotatable bonds is 0. The molecule has 0 saturated heterocycles. The fourth-order valence-corrected chi connectivity index (χ4v) is 1.94. The number of allylic oxidation sites excluding steroid dienone is 5. The predicted octanol–water partition coefficient (Wildman–Crippen LogP) is 2.00. The Hall–Kier alpha value is -1.57. The third-order valence-electron chi connectivity index (χ3n) is 2.52. The summed E-state index contributed by atoms with van der Waals surface area (Å²) in [5.74, 6) is 0. The van der Waals surface area contributed by atoms with Gasteiger partial charge in [0.15, 0.2) is 0 Å². The van der Waals surface area contributed by atoms with Gasteiger partial charge in [0.1, 0.15) is 0 Å². The van der Waals surface area contributed by atoms with Crippen molar-refractivity contribution in [2.24, 2.45) is 4.99 Å². The maximum absolute atomic E-state index is 4.39. The fourth-order valence-electron chi connectivity index (χ4n) is 1.94. The van der Waals surface area contributed by atoms with Crippen molar-refractivity contribution in [3.63, 3.8) is 0 Å². The number of hydrogen-bond donors (Lipinski definition) is 0. The molecule has 0 amide bonds. The van der Waals surface area contributed by atoms with Gasteiger partial charge in [0.2, 0.25) is 0 Å². The van der Waals surface area contributed by atoms with Crippen LogP contribution in [0.15, 0.2) is 53.0 Å². The van der Waals surface area contributed by atoms with Gasteiger partial charge < -0.3 is 4.90 Å². The Morgan fingerprint density at radius 2 is 2.15 bits per heavy atom. The lowest BCUT2D eigenvalue weighted by atomic mass is 9.97. The van der Waals surface area contributed by atoms with Crippen LogP contribution in [0.2, 0.25) is 0 Å². The first kappa shape index (κ1) is 6.89. The first-order chi connectivity index (χ1) is 6.45. The van der Waals surface area contributed by atoms with Crippen LogP contribution >= 0.6 is 0 Å². The van der Waals surface area contributed by atoms with Crippen LogP contribution in [0.1, 0.15) is 6.42 Å². The summed E-state index contributed by atoms with van der Waals surface area (Å²) in [6, 6.07) is 0. The van der Waals surface area contributed by atoms with Gasteiger partial charge in [-0.2, -0.15) is 0 Å². The van der Waals surface area contributed by atoms with Gasteiger partial charge in [-0.05, 0) is 5.57 Å². The van der Waals surface area contributed by atoms with E-state index in [0.717, 1.165) is 13.0 Å². The molecule has 2 aliphatic heterocycles. The molecule has 0 aromatic rings. The van der Waals surface area contributed by atoms with Gasteiger partial charge in [-0.15, -0.1) is 0 Å². The molecule has 2 nitrogen and oxygen atoms in total. The van der Waals surface area contributed by atoms with Gasteiger partial charge in [-0.3, -0.25) is 4.99 Å². The lowest BCUT2D eigenvalue weighted by molar-refractivity contribution is 0.523. The third-order valence-corrected chi connectivity index (χ3v) is 2.52. The molecule has 64 valence electrons. The summed E-state index contributed by atoms with van der Waals surface area (Å²) in [6.07, 6.45) is 13.6. The van der Waals surface area contributed by atoms with Gasteiger partial charge in [0, 0.05) is 25.4 Å². The molecule has 2 heteroatoms. The molecule has 0 saturated carbocycles. The predicted molar refractivity (Wildman–Crippen MR) is 53.2 cm³/mol. The zero-order chi connectivity index (χ0) is 8.67. The first-order valence-corrected chi connectivity index (χ1v) is 4.53. The summed E-state index contributed by atoms with van der Waals surface area (Å²) < 4.78 is 0. The van der Waals surface area contributed by atoms with Crippen molar-refractivity contribution in [2.45, 2.75) is 6.42 Å². The van der Waals surface area contributed by atoms with E-state index in [2.05, 4.69) is 34.2 Å². The average Bonchev–Trinajstić information content (AvgIpc) is 2.19. The molecule has 0 bridgehead atoms. The molecule has 1 aliphatic carbocycles. The minimum absolute atomic E-state index is 0.966. The van der Waals surface area contributed by atoms with E-state index in [1.165, 1.54) is 17.0 Å². The quantitative estimate of drug-likeness (QED) is 0.543.